The summed E-state index contributed by atoms with van der Waals surface area (Å²) in [5.41, 5.74) is 3.28. The van der Waals surface area contributed by atoms with E-state index in [0.717, 1.165) is 34.9 Å². The zero-order valence-corrected chi connectivity index (χ0v) is 14.6. The molecule has 1 N–H and O–H groups in total. The number of hydrogen-bond acceptors (Lipinski definition) is 4. The van der Waals surface area contributed by atoms with Gasteiger partial charge in [-0.25, -0.2) is 9.50 Å². The maximum absolute atomic E-state index is 12.3. The van der Waals surface area contributed by atoms with Crippen LogP contribution >= 0.6 is 0 Å². The summed E-state index contributed by atoms with van der Waals surface area (Å²) in [4.78, 5) is 20.5. The van der Waals surface area contributed by atoms with Gasteiger partial charge < -0.3 is 9.88 Å². The molecule has 0 aliphatic heterocycles. The van der Waals surface area contributed by atoms with Crippen molar-refractivity contribution >= 4 is 22.6 Å². The van der Waals surface area contributed by atoms with E-state index in [-0.39, 0.29) is 5.91 Å². The van der Waals surface area contributed by atoms with Crippen molar-refractivity contribution < 1.29 is 4.79 Å². The zero-order chi connectivity index (χ0) is 17.9. The van der Waals surface area contributed by atoms with Crippen LogP contribution in [0.5, 0.6) is 0 Å². The Morgan fingerprint density at radius 3 is 3.00 bits per heavy atom. The molecule has 4 rings (SSSR count). The number of rotatable bonds is 6. The van der Waals surface area contributed by atoms with E-state index in [1.165, 1.54) is 6.33 Å². The lowest BCUT2D eigenvalue weighted by Gasteiger charge is -2.05. The van der Waals surface area contributed by atoms with Gasteiger partial charge in [0.1, 0.15) is 6.33 Å². The first kappa shape index (κ1) is 16.3. The van der Waals surface area contributed by atoms with Gasteiger partial charge in [-0.2, -0.15) is 10.1 Å². The van der Waals surface area contributed by atoms with Gasteiger partial charge in [-0.15, -0.1) is 0 Å². The lowest BCUT2D eigenvalue weighted by molar-refractivity contribution is -0.120. The van der Waals surface area contributed by atoms with Crippen LogP contribution < -0.4 is 5.32 Å². The van der Waals surface area contributed by atoms with Gasteiger partial charge in [0.25, 0.3) is 5.78 Å². The summed E-state index contributed by atoms with van der Waals surface area (Å²) in [6, 6.07) is 8.14. The number of hydrogen-bond donors (Lipinski definition) is 1. The molecule has 3 aromatic heterocycles. The van der Waals surface area contributed by atoms with Crippen LogP contribution in [-0.4, -0.2) is 36.6 Å². The molecule has 0 radical (unpaired) electrons. The number of fused-ring (bicyclic) bond motifs is 2. The van der Waals surface area contributed by atoms with E-state index < -0.39 is 0 Å². The molecule has 132 valence electrons. The Kier molecular flexibility index (Phi) is 4.35. The molecule has 0 saturated carbocycles. The summed E-state index contributed by atoms with van der Waals surface area (Å²) >= 11 is 0. The van der Waals surface area contributed by atoms with Crippen LogP contribution in [0.15, 0.2) is 49.2 Å². The fraction of sp³-hybridized carbons (Fsp3) is 0.263. The lowest BCUT2D eigenvalue weighted by Crippen LogP contribution is -2.26. The Balaban J connectivity index is 1.29. The molecule has 1 aromatic carbocycles. The van der Waals surface area contributed by atoms with Gasteiger partial charge in [-0.3, -0.25) is 4.79 Å². The third-order valence-corrected chi connectivity index (χ3v) is 4.48. The number of para-hydroxylation sites is 1. The summed E-state index contributed by atoms with van der Waals surface area (Å²) < 4.78 is 3.72. The average Bonchev–Trinajstić information content (AvgIpc) is 3.24. The van der Waals surface area contributed by atoms with Crippen molar-refractivity contribution in [1.29, 1.82) is 0 Å². The van der Waals surface area contributed by atoms with Crippen LogP contribution in [-0.2, 0) is 24.7 Å². The Bertz CT molecular complexity index is 1060. The number of aryl methyl sites for hydroxylation is 2. The van der Waals surface area contributed by atoms with Gasteiger partial charge in [-0.1, -0.05) is 18.2 Å². The molecular weight excluding hydrogens is 328 g/mol. The van der Waals surface area contributed by atoms with Gasteiger partial charge in [0, 0.05) is 43.1 Å². The lowest BCUT2D eigenvalue weighted by atomic mass is 10.1. The largest absolute Gasteiger partial charge is 0.356 e. The molecule has 0 unspecified atom stereocenters. The van der Waals surface area contributed by atoms with Gasteiger partial charge in [-0.05, 0) is 30.0 Å². The maximum atomic E-state index is 12.3. The molecule has 1 amide bonds. The average molecular weight is 348 g/mol. The molecule has 0 saturated heterocycles. The number of nitrogens with zero attached hydrogens (tertiary/aromatic N) is 5. The molecule has 0 fully saturated rings. The van der Waals surface area contributed by atoms with E-state index in [9.17, 15) is 4.79 Å². The summed E-state index contributed by atoms with van der Waals surface area (Å²) in [6.45, 7) is 0.638. The maximum Gasteiger partial charge on any atom is 0.252 e. The van der Waals surface area contributed by atoms with Gasteiger partial charge >= 0.3 is 0 Å². The molecule has 26 heavy (non-hydrogen) atoms. The minimum absolute atomic E-state index is 0.0474. The highest BCUT2D eigenvalue weighted by atomic mass is 16.1. The summed E-state index contributed by atoms with van der Waals surface area (Å²) in [5.74, 6) is 0.642. The van der Waals surface area contributed by atoms with E-state index in [1.807, 2.05) is 37.8 Å². The van der Waals surface area contributed by atoms with Gasteiger partial charge in [0.2, 0.25) is 5.91 Å². The second-order valence-corrected chi connectivity index (χ2v) is 6.38. The van der Waals surface area contributed by atoms with E-state index in [1.54, 1.807) is 4.52 Å². The summed E-state index contributed by atoms with van der Waals surface area (Å²) in [6.07, 6.45) is 9.33. The minimum atomic E-state index is 0.0474. The highest BCUT2D eigenvalue weighted by Crippen LogP contribution is 2.20. The van der Waals surface area contributed by atoms with Crippen molar-refractivity contribution in [3.8, 4) is 0 Å². The summed E-state index contributed by atoms with van der Waals surface area (Å²) in [7, 11) is 2.00. The van der Waals surface area contributed by atoms with E-state index in [4.69, 9.17) is 0 Å². The molecule has 7 nitrogen and oxygen atoms in total. The highest BCUT2D eigenvalue weighted by molar-refractivity contribution is 5.89. The third-order valence-electron chi connectivity index (χ3n) is 4.48. The SMILES string of the molecule is Cn1cc(CC(=O)NCCCc2cnc3ncnn3c2)c2ccccc21. The molecule has 0 spiro atoms. The van der Waals surface area contributed by atoms with Crippen LogP contribution in [0.4, 0.5) is 0 Å². The molecule has 0 bridgehead atoms. The molecule has 0 aliphatic rings. The predicted octanol–water partition coefficient (Wildman–Crippen LogP) is 1.91. The Morgan fingerprint density at radius 2 is 2.08 bits per heavy atom. The molecule has 4 aromatic rings. The molecule has 3 heterocycles. The van der Waals surface area contributed by atoms with Crippen molar-refractivity contribution in [3.05, 3.63) is 60.3 Å². The zero-order valence-electron chi connectivity index (χ0n) is 14.6. The minimum Gasteiger partial charge on any atom is -0.356 e. The van der Waals surface area contributed by atoms with Crippen molar-refractivity contribution in [2.75, 3.05) is 6.54 Å². The normalized spacial score (nSPS) is 11.3. The highest BCUT2D eigenvalue weighted by Gasteiger charge is 2.10. The van der Waals surface area contributed by atoms with Crippen LogP contribution in [0.25, 0.3) is 16.7 Å². The topological polar surface area (TPSA) is 77.1 Å². The van der Waals surface area contributed by atoms with E-state index in [0.29, 0.717) is 18.7 Å². The third kappa shape index (κ3) is 3.28. The fourth-order valence-corrected chi connectivity index (χ4v) is 3.21. The van der Waals surface area contributed by atoms with Crippen molar-refractivity contribution in [2.45, 2.75) is 19.3 Å². The van der Waals surface area contributed by atoms with Crippen LogP contribution in [0.2, 0.25) is 0 Å². The monoisotopic (exact) mass is 348 g/mol. The Morgan fingerprint density at radius 1 is 1.19 bits per heavy atom. The number of benzene rings is 1. The van der Waals surface area contributed by atoms with Gasteiger partial charge in [0.05, 0.1) is 6.42 Å². The van der Waals surface area contributed by atoms with Crippen molar-refractivity contribution in [3.63, 3.8) is 0 Å². The molecule has 0 aliphatic carbocycles. The Labute approximate surface area is 150 Å². The fourth-order valence-electron chi connectivity index (χ4n) is 3.21. The van der Waals surface area contributed by atoms with Crippen LogP contribution in [0.3, 0.4) is 0 Å². The molecule has 0 atom stereocenters. The smallest absolute Gasteiger partial charge is 0.252 e. The molecule has 7 heteroatoms. The number of amides is 1. The second kappa shape index (κ2) is 6.95. The number of aromatic nitrogens is 5. The van der Waals surface area contributed by atoms with Crippen molar-refractivity contribution in [1.82, 2.24) is 29.5 Å². The van der Waals surface area contributed by atoms with Crippen LogP contribution in [0.1, 0.15) is 17.5 Å². The second-order valence-electron chi connectivity index (χ2n) is 6.38. The van der Waals surface area contributed by atoms with Gasteiger partial charge in [0.15, 0.2) is 0 Å². The number of nitrogens with one attached hydrogen (secondary N) is 1. The first-order valence-corrected chi connectivity index (χ1v) is 8.64. The first-order valence-electron chi connectivity index (χ1n) is 8.64. The number of carbonyl (C=O) groups is 1. The van der Waals surface area contributed by atoms with E-state index in [2.05, 4.69) is 37.1 Å². The van der Waals surface area contributed by atoms with Crippen LogP contribution in [0, 0.1) is 0 Å². The Hall–Kier alpha value is -3.22. The first-order chi connectivity index (χ1) is 12.7. The predicted molar refractivity (Wildman–Crippen MR) is 98.7 cm³/mol. The molecular formula is C19H20N6O. The summed E-state index contributed by atoms with van der Waals surface area (Å²) in [5, 5.41) is 8.22. The standard InChI is InChI=1S/C19H20N6O/c1-24-12-15(16-6-2-3-7-17(16)24)9-18(26)20-8-4-5-14-10-21-19-22-13-23-25(19)11-14/h2-3,6-7,10-13H,4-5,8-9H2,1H3,(H,20,26). The number of carbonyl (C=O) groups excluding carboxylic acids is 1. The van der Waals surface area contributed by atoms with Crippen molar-refractivity contribution in [2.24, 2.45) is 7.05 Å². The quantitative estimate of drug-likeness (QED) is 0.540. The van der Waals surface area contributed by atoms with E-state index >= 15 is 0 Å².